The Kier molecular flexibility index (Phi) is 6.46. The maximum atomic E-state index is 9.69. The molecule has 0 unspecified atom stereocenters. The predicted molar refractivity (Wildman–Crippen MR) is 71.1 cm³/mol. The van der Waals surface area contributed by atoms with Crippen LogP contribution in [0.4, 0.5) is 0 Å². The molecule has 92 valence electrons. The summed E-state index contributed by atoms with van der Waals surface area (Å²) in [6, 6.07) is 5.54. The highest BCUT2D eigenvalue weighted by Gasteiger charge is 2.11. The van der Waals surface area contributed by atoms with Gasteiger partial charge in [-0.05, 0) is 31.7 Å². The predicted octanol–water partition coefficient (Wildman–Crippen LogP) is 3.56. The number of aryl methyl sites for hydroxylation is 1. The zero-order valence-corrected chi connectivity index (χ0v) is 11.1. The third kappa shape index (κ3) is 4.42. The van der Waals surface area contributed by atoms with Crippen molar-refractivity contribution in [2.45, 2.75) is 39.7 Å². The monoisotopic (exact) mass is 243 g/mol. The van der Waals surface area contributed by atoms with E-state index >= 15 is 0 Å². The van der Waals surface area contributed by atoms with Crippen molar-refractivity contribution >= 4 is 12.4 Å². The molecule has 16 heavy (non-hydrogen) atoms. The van der Waals surface area contributed by atoms with Crippen LogP contribution in [-0.2, 0) is 0 Å². The Bertz CT molecular complexity index is 326. The van der Waals surface area contributed by atoms with E-state index in [1.807, 2.05) is 19.1 Å². The Morgan fingerprint density at radius 3 is 2.44 bits per heavy atom. The molecule has 1 atom stereocenters. The Hall–Kier alpha value is -0.730. The molecule has 0 aliphatic heterocycles. The lowest BCUT2D eigenvalue weighted by Crippen LogP contribution is -2.11. The first-order valence-corrected chi connectivity index (χ1v) is 5.55. The van der Waals surface area contributed by atoms with E-state index in [-0.39, 0.29) is 18.4 Å². The topological polar surface area (TPSA) is 46.2 Å². The standard InChI is InChI=1S/C13H21NO.ClH/c1-9(2)4-6-12(14)11-8-10(3)5-7-13(11)15;/h5,7-9,12,15H,4,6,14H2,1-3H3;1H/t12-;/m1./s1. The van der Waals surface area contributed by atoms with Crippen molar-refractivity contribution in [1.29, 1.82) is 0 Å². The van der Waals surface area contributed by atoms with E-state index in [2.05, 4.69) is 13.8 Å². The van der Waals surface area contributed by atoms with Gasteiger partial charge in [0.15, 0.2) is 0 Å². The largest absolute Gasteiger partial charge is 0.508 e. The summed E-state index contributed by atoms with van der Waals surface area (Å²) in [5.74, 6) is 0.972. The van der Waals surface area contributed by atoms with Gasteiger partial charge in [-0.15, -0.1) is 12.4 Å². The Labute approximate surface area is 104 Å². The van der Waals surface area contributed by atoms with Gasteiger partial charge in [-0.25, -0.2) is 0 Å². The lowest BCUT2D eigenvalue weighted by Gasteiger charge is -2.15. The molecule has 0 fully saturated rings. The number of benzene rings is 1. The minimum atomic E-state index is -0.0488. The third-order valence-electron chi connectivity index (χ3n) is 2.64. The van der Waals surface area contributed by atoms with Crippen molar-refractivity contribution in [3.8, 4) is 5.75 Å². The lowest BCUT2D eigenvalue weighted by atomic mass is 9.96. The molecule has 3 heteroatoms. The molecule has 0 amide bonds. The summed E-state index contributed by atoms with van der Waals surface area (Å²) in [6.45, 7) is 6.38. The molecular formula is C13H22ClNO. The van der Waals surface area contributed by atoms with E-state index in [9.17, 15) is 5.11 Å². The molecule has 0 bridgehead atoms. The average Bonchev–Trinajstić information content (AvgIpc) is 2.18. The smallest absolute Gasteiger partial charge is 0.120 e. The van der Waals surface area contributed by atoms with Crippen LogP contribution in [0, 0.1) is 12.8 Å². The van der Waals surface area contributed by atoms with Crippen molar-refractivity contribution in [2.24, 2.45) is 11.7 Å². The molecule has 2 nitrogen and oxygen atoms in total. The van der Waals surface area contributed by atoms with Crippen molar-refractivity contribution in [2.75, 3.05) is 0 Å². The van der Waals surface area contributed by atoms with Crippen LogP contribution in [0.3, 0.4) is 0 Å². The van der Waals surface area contributed by atoms with Gasteiger partial charge < -0.3 is 10.8 Å². The van der Waals surface area contributed by atoms with Gasteiger partial charge in [-0.2, -0.15) is 0 Å². The van der Waals surface area contributed by atoms with Crippen molar-refractivity contribution in [3.63, 3.8) is 0 Å². The molecule has 0 saturated carbocycles. The average molecular weight is 244 g/mol. The molecule has 0 heterocycles. The van der Waals surface area contributed by atoms with Gasteiger partial charge >= 0.3 is 0 Å². The van der Waals surface area contributed by atoms with Crippen LogP contribution in [-0.4, -0.2) is 5.11 Å². The van der Waals surface area contributed by atoms with E-state index in [1.54, 1.807) is 6.07 Å². The second-order valence-electron chi connectivity index (χ2n) is 4.64. The molecule has 0 spiro atoms. The zero-order valence-electron chi connectivity index (χ0n) is 10.2. The molecule has 1 rings (SSSR count). The SMILES string of the molecule is Cc1ccc(O)c([C@H](N)CCC(C)C)c1.Cl. The van der Waals surface area contributed by atoms with Crippen LogP contribution < -0.4 is 5.73 Å². The minimum Gasteiger partial charge on any atom is -0.508 e. The van der Waals surface area contributed by atoms with Crippen molar-refractivity contribution < 1.29 is 5.11 Å². The first-order chi connectivity index (χ1) is 7.00. The minimum absolute atomic E-state index is 0. The fourth-order valence-electron chi connectivity index (χ4n) is 1.64. The van der Waals surface area contributed by atoms with Gasteiger partial charge in [0.1, 0.15) is 5.75 Å². The number of phenols is 1. The fraction of sp³-hybridized carbons (Fsp3) is 0.538. The summed E-state index contributed by atoms with van der Waals surface area (Å²) >= 11 is 0. The first kappa shape index (κ1) is 15.3. The van der Waals surface area contributed by atoms with E-state index in [0.29, 0.717) is 11.7 Å². The maximum absolute atomic E-state index is 9.69. The van der Waals surface area contributed by atoms with Gasteiger partial charge in [0, 0.05) is 11.6 Å². The van der Waals surface area contributed by atoms with Crippen LogP contribution in [0.5, 0.6) is 5.75 Å². The van der Waals surface area contributed by atoms with E-state index in [1.165, 1.54) is 0 Å². The number of hydrogen-bond donors (Lipinski definition) is 2. The van der Waals surface area contributed by atoms with Crippen molar-refractivity contribution in [3.05, 3.63) is 29.3 Å². The molecule has 0 aliphatic rings. The van der Waals surface area contributed by atoms with Crippen LogP contribution in [0.15, 0.2) is 18.2 Å². The van der Waals surface area contributed by atoms with Crippen LogP contribution in [0.2, 0.25) is 0 Å². The number of rotatable bonds is 4. The number of aromatic hydroxyl groups is 1. The summed E-state index contributed by atoms with van der Waals surface area (Å²) in [4.78, 5) is 0. The summed E-state index contributed by atoms with van der Waals surface area (Å²) in [5.41, 5.74) is 8.07. The summed E-state index contributed by atoms with van der Waals surface area (Å²) in [7, 11) is 0. The summed E-state index contributed by atoms with van der Waals surface area (Å²) < 4.78 is 0. The Morgan fingerprint density at radius 1 is 1.25 bits per heavy atom. The lowest BCUT2D eigenvalue weighted by molar-refractivity contribution is 0.448. The molecule has 0 aromatic heterocycles. The van der Waals surface area contributed by atoms with Gasteiger partial charge in [-0.3, -0.25) is 0 Å². The molecule has 3 N–H and O–H groups in total. The summed E-state index contributed by atoms with van der Waals surface area (Å²) in [6.07, 6.45) is 2.02. The molecule has 0 radical (unpaired) electrons. The van der Waals surface area contributed by atoms with Crippen molar-refractivity contribution in [1.82, 2.24) is 0 Å². The van der Waals surface area contributed by atoms with E-state index < -0.39 is 0 Å². The fourth-order valence-corrected chi connectivity index (χ4v) is 1.64. The zero-order chi connectivity index (χ0) is 11.4. The second-order valence-corrected chi connectivity index (χ2v) is 4.64. The normalized spacial score (nSPS) is 12.3. The maximum Gasteiger partial charge on any atom is 0.120 e. The molecule has 1 aromatic rings. The van der Waals surface area contributed by atoms with E-state index in [0.717, 1.165) is 24.0 Å². The van der Waals surface area contributed by atoms with E-state index in [4.69, 9.17) is 5.73 Å². The summed E-state index contributed by atoms with van der Waals surface area (Å²) in [5, 5.41) is 9.69. The molecule has 1 aromatic carbocycles. The number of hydrogen-bond acceptors (Lipinski definition) is 2. The highest BCUT2D eigenvalue weighted by molar-refractivity contribution is 5.85. The Balaban J connectivity index is 0.00000225. The van der Waals surface area contributed by atoms with Crippen LogP contribution in [0.1, 0.15) is 43.9 Å². The highest BCUT2D eigenvalue weighted by Crippen LogP contribution is 2.27. The van der Waals surface area contributed by atoms with Gasteiger partial charge in [0.2, 0.25) is 0 Å². The second kappa shape index (κ2) is 6.77. The van der Waals surface area contributed by atoms with Crippen LogP contribution in [0.25, 0.3) is 0 Å². The number of nitrogens with two attached hydrogens (primary N) is 1. The Morgan fingerprint density at radius 2 is 1.88 bits per heavy atom. The van der Waals surface area contributed by atoms with Crippen LogP contribution >= 0.6 is 12.4 Å². The molecule has 0 aliphatic carbocycles. The third-order valence-corrected chi connectivity index (χ3v) is 2.64. The molecular weight excluding hydrogens is 222 g/mol. The van der Waals surface area contributed by atoms with Gasteiger partial charge in [-0.1, -0.05) is 31.5 Å². The molecule has 0 saturated heterocycles. The quantitative estimate of drug-likeness (QED) is 0.850. The van der Waals surface area contributed by atoms with Gasteiger partial charge in [0.25, 0.3) is 0 Å². The number of halogens is 1. The number of phenolic OH excluding ortho intramolecular Hbond substituents is 1. The highest BCUT2D eigenvalue weighted by atomic mass is 35.5. The first-order valence-electron chi connectivity index (χ1n) is 5.55. The van der Waals surface area contributed by atoms with Gasteiger partial charge in [0.05, 0.1) is 0 Å².